The first-order chi connectivity index (χ1) is 11.1. The van der Waals surface area contributed by atoms with E-state index in [-0.39, 0.29) is 19.6 Å². The molecule has 0 saturated carbocycles. The fraction of sp³-hybridized carbons (Fsp3) is 0.222. The number of carbonyl (C=O) groups excluding carboxylic acids is 2. The number of hydrogen-bond donors (Lipinski definition) is 1. The van der Waals surface area contributed by atoms with Gasteiger partial charge in [-0.3, -0.25) is 9.59 Å². The smallest absolute Gasteiger partial charge is 0.323 e. The van der Waals surface area contributed by atoms with Crippen molar-refractivity contribution in [3.8, 4) is 0 Å². The van der Waals surface area contributed by atoms with E-state index in [4.69, 9.17) is 15.2 Å². The summed E-state index contributed by atoms with van der Waals surface area (Å²) in [5.74, 6) is -1.15. The number of carbonyl (C=O) groups is 2. The van der Waals surface area contributed by atoms with Gasteiger partial charge in [-0.1, -0.05) is 60.7 Å². The molecule has 0 aromatic heterocycles. The van der Waals surface area contributed by atoms with Gasteiger partial charge in [0.1, 0.15) is 19.3 Å². The summed E-state index contributed by atoms with van der Waals surface area (Å²) < 4.78 is 10.2. The van der Waals surface area contributed by atoms with E-state index in [9.17, 15) is 9.59 Å². The molecule has 1 atom stereocenters. The Bertz CT molecular complexity index is 628. The van der Waals surface area contributed by atoms with Gasteiger partial charge in [0.25, 0.3) is 0 Å². The first kappa shape index (κ1) is 16.7. The molecule has 0 spiro atoms. The molecular formula is C18H19NO4. The van der Waals surface area contributed by atoms with Crippen LogP contribution in [0.25, 0.3) is 0 Å². The number of rotatable bonds is 7. The lowest BCUT2D eigenvalue weighted by atomic mass is 10.2. The third-order valence-corrected chi connectivity index (χ3v) is 3.16. The highest BCUT2D eigenvalue weighted by Crippen LogP contribution is 2.05. The Morgan fingerprint density at radius 3 is 1.83 bits per heavy atom. The molecule has 0 bridgehead atoms. The second kappa shape index (κ2) is 8.70. The molecule has 2 N–H and O–H groups in total. The van der Waals surface area contributed by atoms with Gasteiger partial charge in [-0.05, 0) is 11.1 Å². The van der Waals surface area contributed by atoms with E-state index in [2.05, 4.69) is 0 Å². The first-order valence-electron chi connectivity index (χ1n) is 7.31. The normalized spacial score (nSPS) is 11.5. The summed E-state index contributed by atoms with van der Waals surface area (Å²) >= 11 is 0. The Morgan fingerprint density at radius 2 is 1.30 bits per heavy atom. The van der Waals surface area contributed by atoms with Crippen LogP contribution in [0.1, 0.15) is 17.5 Å². The van der Waals surface area contributed by atoms with E-state index in [0.29, 0.717) is 0 Å². The lowest BCUT2D eigenvalue weighted by molar-refractivity contribution is -0.153. The van der Waals surface area contributed by atoms with Crippen molar-refractivity contribution < 1.29 is 19.1 Å². The van der Waals surface area contributed by atoms with E-state index >= 15 is 0 Å². The third kappa shape index (κ3) is 5.92. The number of hydrogen-bond acceptors (Lipinski definition) is 5. The number of benzene rings is 2. The summed E-state index contributed by atoms with van der Waals surface area (Å²) in [6.45, 7) is 0.290. The minimum absolute atomic E-state index is 0.131. The minimum Gasteiger partial charge on any atom is -0.461 e. The van der Waals surface area contributed by atoms with Crippen molar-refractivity contribution in [1.82, 2.24) is 0 Å². The fourth-order valence-corrected chi connectivity index (χ4v) is 1.90. The van der Waals surface area contributed by atoms with Gasteiger partial charge in [0.15, 0.2) is 0 Å². The second-order valence-electron chi connectivity index (χ2n) is 5.05. The zero-order valence-electron chi connectivity index (χ0n) is 12.7. The Labute approximate surface area is 135 Å². The van der Waals surface area contributed by atoms with Gasteiger partial charge in [-0.2, -0.15) is 0 Å². The van der Waals surface area contributed by atoms with E-state index in [1.807, 2.05) is 60.7 Å². The van der Waals surface area contributed by atoms with Crippen molar-refractivity contribution in [2.24, 2.45) is 5.73 Å². The van der Waals surface area contributed by atoms with Crippen molar-refractivity contribution in [3.05, 3.63) is 71.8 Å². The molecule has 2 aromatic rings. The lowest BCUT2D eigenvalue weighted by Crippen LogP contribution is -2.34. The van der Waals surface area contributed by atoms with Crippen LogP contribution in [0.4, 0.5) is 0 Å². The van der Waals surface area contributed by atoms with E-state index in [1.165, 1.54) is 0 Å². The predicted molar refractivity (Wildman–Crippen MR) is 85.1 cm³/mol. The van der Waals surface area contributed by atoms with Crippen LogP contribution in [-0.4, -0.2) is 18.0 Å². The largest absolute Gasteiger partial charge is 0.461 e. The summed E-state index contributed by atoms with van der Waals surface area (Å²) in [4.78, 5) is 23.5. The zero-order chi connectivity index (χ0) is 16.5. The average molecular weight is 313 g/mol. The highest BCUT2D eigenvalue weighted by Gasteiger charge is 2.20. The standard InChI is InChI=1S/C18H19NO4/c19-16(18(21)23-13-15-9-5-2-6-10-15)11-17(20)22-12-14-7-3-1-4-8-14/h1-10,16H,11-13,19H2. The maximum Gasteiger partial charge on any atom is 0.323 e. The van der Waals surface area contributed by atoms with Gasteiger partial charge in [0.05, 0.1) is 6.42 Å². The van der Waals surface area contributed by atoms with Crippen LogP contribution < -0.4 is 5.73 Å². The molecule has 0 amide bonds. The Morgan fingerprint density at radius 1 is 0.826 bits per heavy atom. The van der Waals surface area contributed by atoms with Crippen LogP contribution in [0.3, 0.4) is 0 Å². The molecule has 0 heterocycles. The van der Waals surface area contributed by atoms with Crippen LogP contribution in [0.5, 0.6) is 0 Å². The molecule has 2 rings (SSSR count). The van der Waals surface area contributed by atoms with Crippen LogP contribution in [-0.2, 0) is 32.3 Å². The summed E-state index contributed by atoms with van der Waals surface area (Å²) in [6, 6.07) is 17.5. The quantitative estimate of drug-likeness (QED) is 0.793. The minimum atomic E-state index is -1.03. The summed E-state index contributed by atoms with van der Waals surface area (Å²) in [5, 5.41) is 0. The van der Waals surface area contributed by atoms with Gasteiger partial charge in [-0.15, -0.1) is 0 Å². The molecule has 1 unspecified atom stereocenters. The van der Waals surface area contributed by atoms with Crippen LogP contribution in [0.2, 0.25) is 0 Å². The highest BCUT2D eigenvalue weighted by atomic mass is 16.5. The Hall–Kier alpha value is -2.66. The van der Waals surface area contributed by atoms with Crippen molar-refractivity contribution in [3.63, 3.8) is 0 Å². The first-order valence-corrected chi connectivity index (χ1v) is 7.31. The number of nitrogens with two attached hydrogens (primary N) is 1. The third-order valence-electron chi connectivity index (χ3n) is 3.16. The van der Waals surface area contributed by atoms with Gasteiger partial charge in [0.2, 0.25) is 0 Å². The molecule has 0 aliphatic carbocycles. The van der Waals surface area contributed by atoms with Gasteiger partial charge in [0, 0.05) is 0 Å². The summed E-state index contributed by atoms with van der Waals surface area (Å²) in [5.41, 5.74) is 7.41. The molecule has 23 heavy (non-hydrogen) atoms. The lowest BCUT2D eigenvalue weighted by Gasteiger charge is -2.11. The van der Waals surface area contributed by atoms with Crippen LogP contribution in [0, 0.1) is 0 Å². The van der Waals surface area contributed by atoms with Gasteiger partial charge in [-0.25, -0.2) is 0 Å². The van der Waals surface area contributed by atoms with E-state index in [0.717, 1.165) is 11.1 Å². The summed E-state index contributed by atoms with van der Waals surface area (Å²) in [7, 11) is 0. The molecule has 0 aliphatic rings. The van der Waals surface area contributed by atoms with Crippen LogP contribution in [0.15, 0.2) is 60.7 Å². The molecule has 0 saturated heterocycles. The maximum absolute atomic E-state index is 11.8. The fourth-order valence-electron chi connectivity index (χ4n) is 1.90. The number of esters is 2. The topological polar surface area (TPSA) is 78.6 Å². The van der Waals surface area contributed by atoms with Gasteiger partial charge < -0.3 is 15.2 Å². The second-order valence-corrected chi connectivity index (χ2v) is 5.05. The van der Waals surface area contributed by atoms with Crippen molar-refractivity contribution in [2.45, 2.75) is 25.7 Å². The zero-order valence-corrected chi connectivity index (χ0v) is 12.7. The van der Waals surface area contributed by atoms with Gasteiger partial charge >= 0.3 is 11.9 Å². The van der Waals surface area contributed by atoms with Crippen LogP contribution >= 0.6 is 0 Å². The van der Waals surface area contributed by atoms with Crippen molar-refractivity contribution in [1.29, 1.82) is 0 Å². The predicted octanol–water partition coefficient (Wildman–Crippen LogP) is 2.19. The molecule has 0 aliphatic heterocycles. The monoisotopic (exact) mass is 313 g/mol. The number of ether oxygens (including phenoxy) is 2. The summed E-state index contributed by atoms with van der Waals surface area (Å²) in [6.07, 6.45) is -0.208. The molecule has 120 valence electrons. The Balaban J connectivity index is 1.71. The molecule has 2 aromatic carbocycles. The Kier molecular flexibility index (Phi) is 6.32. The average Bonchev–Trinajstić information content (AvgIpc) is 2.59. The molecule has 0 radical (unpaired) electrons. The molecular weight excluding hydrogens is 294 g/mol. The van der Waals surface area contributed by atoms with E-state index < -0.39 is 18.0 Å². The molecule has 5 nitrogen and oxygen atoms in total. The SMILES string of the molecule is NC(CC(=O)OCc1ccccc1)C(=O)OCc1ccccc1. The van der Waals surface area contributed by atoms with Crippen molar-refractivity contribution in [2.75, 3.05) is 0 Å². The highest BCUT2D eigenvalue weighted by molar-refractivity contribution is 5.82. The molecule has 0 fully saturated rings. The van der Waals surface area contributed by atoms with Crippen molar-refractivity contribution >= 4 is 11.9 Å². The van der Waals surface area contributed by atoms with E-state index in [1.54, 1.807) is 0 Å². The maximum atomic E-state index is 11.8. The molecule has 5 heteroatoms.